The van der Waals surface area contributed by atoms with Gasteiger partial charge in [-0.25, -0.2) is 0 Å². The normalized spacial score (nSPS) is 20.1. The Morgan fingerprint density at radius 3 is 2.88 bits per heavy atom. The first-order valence-electron chi connectivity index (χ1n) is 5.60. The van der Waals surface area contributed by atoms with Crippen molar-refractivity contribution in [1.82, 2.24) is 20.3 Å². The Kier molecular flexibility index (Phi) is 3.96. The van der Waals surface area contributed by atoms with Gasteiger partial charge in [0.1, 0.15) is 0 Å². The summed E-state index contributed by atoms with van der Waals surface area (Å²) in [5.41, 5.74) is 0. The van der Waals surface area contributed by atoms with Gasteiger partial charge in [0.15, 0.2) is 0 Å². The first kappa shape index (κ1) is 12.3. The highest BCUT2D eigenvalue weighted by molar-refractivity contribution is 6.28. The van der Waals surface area contributed by atoms with Gasteiger partial charge in [-0.3, -0.25) is 0 Å². The zero-order valence-corrected chi connectivity index (χ0v) is 10.7. The van der Waals surface area contributed by atoms with Gasteiger partial charge in [0, 0.05) is 19.6 Å². The van der Waals surface area contributed by atoms with E-state index in [2.05, 4.69) is 20.3 Å². The number of methoxy groups -OCH3 is 1. The van der Waals surface area contributed by atoms with E-state index in [4.69, 9.17) is 16.3 Å². The number of ether oxygens (including phenoxy) is 1. The lowest BCUT2D eigenvalue weighted by molar-refractivity contribution is 0.376. The summed E-state index contributed by atoms with van der Waals surface area (Å²) < 4.78 is 4.98. The van der Waals surface area contributed by atoms with E-state index in [0.29, 0.717) is 12.0 Å². The van der Waals surface area contributed by atoms with E-state index in [1.165, 1.54) is 7.11 Å². The quantitative estimate of drug-likeness (QED) is 0.861. The Bertz CT molecular complexity index is 383. The Morgan fingerprint density at radius 1 is 1.41 bits per heavy atom. The fourth-order valence-electron chi connectivity index (χ4n) is 1.90. The Morgan fingerprint density at radius 2 is 2.24 bits per heavy atom. The lowest BCUT2D eigenvalue weighted by atomic mass is 10.1. The minimum Gasteiger partial charge on any atom is -0.467 e. The molecule has 1 aliphatic heterocycles. The van der Waals surface area contributed by atoms with Crippen molar-refractivity contribution < 1.29 is 4.74 Å². The van der Waals surface area contributed by atoms with E-state index in [-0.39, 0.29) is 11.3 Å². The number of anilines is 1. The molecule has 1 aromatic rings. The number of rotatable bonds is 3. The molecule has 0 aromatic carbocycles. The van der Waals surface area contributed by atoms with Crippen LogP contribution < -0.4 is 15.0 Å². The van der Waals surface area contributed by atoms with Crippen LogP contribution in [0.5, 0.6) is 6.01 Å². The summed E-state index contributed by atoms with van der Waals surface area (Å²) in [5.74, 6) is 0.551. The third-order valence-electron chi connectivity index (χ3n) is 2.89. The maximum absolute atomic E-state index is 5.83. The third kappa shape index (κ3) is 2.95. The molecule has 1 fully saturated rings. The first-order valence-corrected chi connectivity index (χ1v) is 5.97. The van der Waals surface area contributed by atoms with Gasteiger partial charge >= 0.3 is 6.01 Å². The first-order chi connectivity index (χ1) is 8.20. The van der Waals surface area contributed by atoms with Gasteiger partial charge < -0.3 is 15.0 Å². The smallest absolute Gasteiger partial charge is 0.322 e. The minimum atomic E-state index is 0.155. The number of likely N-dealkylation sites (N-methyl/N-ethyl adjacent to an activating group) is 1. The molecule has 0 spiro atoms. The van der Waals surface area contributed by atoms with Gasteiger partial charge in [0.25, 0.3) is 0 Å². The van der Waals surface area contributed by atoms with Crippen LogP contribution in [-0.4, -0.2) is 48.2 Å². The highest BCUT2D eigenvalue weighted by atomic mass is 35.5. The van der Waals surface area contributed by atoms with E-state index in [9.17, 15) is 0 Å². The molecular formula is C10H16ClN5O. The van der Waals surface area contributed by atoms with Crippen molar-refractivity contribution in [3.8, 4) is 6.01 Å². The monoisotopic (exact) mass is 257 g/mol. The van der Waals surface area contributed by atoms with Crippen molar-refractivity contribution in [3.63, 3.8) is 0 Å². The molecule has 1 atom stereocenters. The van der Waals surface area contributed by atoms with E-state index >= 15 is 0 Å². The van der Waals surface area contributed by atoms with E-state index in [0.717, 1.165) is 25.9 Å². The molecule has 1 N–H and O–H groups in total. The zero-order valence-electron chi connectivity index (χ0n) is 9.98. The number of aromatic nitrogens is 3. The lowest BCUT2D eigenvalue weighted by Gasteiger charge is -2.31. The predicted molar refractivity (Wildman–Crippen MR) is 65.7 cm³/mol. The van der Waals surface area contributed by atoms with Crippen molar-refractivity contribution in [2.75, 3.05) is 32.1 Å². The van der Waals surface area contributed by atoms with Crippen molar-refractivity contribution >= 4 is 17.5 Å². The zero-order chi connectivity index (χ0) is 12.3. The van der Waals surface area contributed by atoms with Crippen LogP contribution in [0.15, 0.2) is 0 Å². The van der Waals surface area contributed by atoms with Gasteiger partial charge in [-0.05, 0) is 31.0 Å². The summed E-state index contributed by atoms with van der Waals surface area (Å²) in [6.07, 6.45) is 2.28. The molecular weight excluding hydrogens is 242 g/mol. The van der Waals surface area contributed by atoms with E-state index < -0.39 is 0 Å². The van der Waals surface area contributed by atoms with Gasteiger partial charge in [-0.2, -0.15) is 15.0 Å². The summed E-state index contributed by atoms with van der Waals surface area (Å²) in [5, 5.41) is 3.51. The van der Waals surface area contributed by atoms with Crippen LogP contribution in [0.4, 0.5) is 5.95 Å². The van der Waals surface area contributed by atoms with Crippen LogP contribution in [0.2, 0.25) is 5.28 Å². The molecule has 17 heavy (non-hydrogen) atoms. The molecule has 0 amide bonds. The molecule has 2 rings (SSSR count). The van der Waals surface area contributed by atoms with Crippen LogP contribution in [0, 0.1) is 0 Å². The molecule has 1 aliphatic rings. The molecule has 2 heterocycles. The van der Waals surface area contributed by atoms with Crippen LogP contribution in [0.25, 0.3) is 0 Å². The average Bonchev–Trinajstić information content (AvgIpc) is 2.38. The predicted octanol–water partition coefficient (Wildman–Crippen LogP) is 0.722. The number of hydrogen-bond donors (Lipinski definition) is 1. The number of nitrogens with zero attached hydrogens (tertiary/aromatic N) is 4. The average molecular weight is 258 g/mol. The second kappa shape index (κ2) is 5.46. The lowest BCUT2D eigenvalue weighted by Crippen LogP contribution is -2.44. The van der Waals surface area contributed by atoms with Crippen LogP contribution in [-0.2, 0) is 0 Å². The molecule has 0 saturated carbocycles. The summed E-state index contributed by atoms with van der Waals surface area (Å²) in [6.45, 7) is 2.01. The molecule has 1 aromatic heterocycles. The molecule has 1 saturated heterocycles. The minimum absolute atomic E-state index is 0.155. The molecule has 6 nitrogen and oxygen atoms in total. The maximum Gasteiger partial charge on any atom is 0.322 e. The number of hydrogen-bond acceptors (Lipinski definition) is 6. The van der Waals surface area contributed by atoms with E-state index in [1.807, 2.05) is 11.9 Å². The van der Waals surface area contributed by atoms with Gasteiger partial charge in [0.2, 0.25) is 11.2 Å². The topological polar surface area (TPSA) is 63.2 Å². The Labute approximate surface area is 105 Å². The number of nitrogens with one attached hydrogen (secondary N) is 1. The Balaban J connectivity index is 2.17. The summed E-state index contributed by atoms with van der Waals surface area (Å²) in [6, 6.07) is 0.627. The largest absolute Gasteiger partial charge is 0.467 e. The molecule has 1 unspecified atom stereocenters. The summed E-state index contributed by atoms with van der Waals surface area (Å²) >= 11 is 5.83. The molecule has 0 bridgehead atoms. The highest BCUT2D eigenvalue weighted by Crippen LogP contribution is 2.18. The van der Waals surface area contributed by atoms with Gasteiger partial charge in [0.05, 0.1) is 7.11 Å². The molecule has 94 valence electrons. The third-order valence-corrected chi connectivity index (χ3v) is 3.06. The summed E-state index contributed by atoms with van der Waals surface area (Å²) in [7, 11) is 3.47. The van der Waals surface area contributed by atoms with E-state index in [1.54, 1.807) is 0 Å². The fourth-order valence-corrected chi connectivity index (χ4v) is 2.05. The van der Waals surface area contributed by atoms with Crippen molar-refractivity contribution in [1.29, 1.82) is 0 Å². The van der Waals surface area contributed by atoms with Crippen molar-refractivity contribution in [3.05, 3.63) is 5.28 Å². The molecule has 0 radical (unpaired) electrons. The molecule has 0 aliphatic carbocycles. The number of piperidine rings is 1. The van der Waals surface area contributed by atoms with Gasteiger partial charge in [-0.15, -0.1) is 0 Å². The van der Waals surface area contributed by atoms with Crippen molar-refractivity contribution in [2.45, 2.75) is 18.9 Å². The Hall–Kier alpha value is -1.14. The van der Waals surface area contributed by atoms with Crippen LogP contribution >= 0.6 is 11.6 Å². The van der Waals surface area contributed by atoms with Gasteiger partial charge in [-0.1, -0.05) is 0 Å². The maximum atomic E-state index is 5.83. The fraction of sp³-hybridized carbons (Fsp3) is 0.700. The summed E-state index contributed by atoms with van der Waals surface area (Å²) in [4.78, 5) is 14.2. The standard InChI is InChI=1S/C10H16ClN5O/c1-16(7-4-3-5-12-6-7)9-13-8(11)14-10(15-9)17-2/h7,12H,3-6H2,1-2H3. The SMILES string of the molecule is COc1nc(Cl)nc(N(C)C2CCCNC2)n1. The highest BCUT2D eigenvalue weighted by Gasteiger charge is 2.21. The second-order valence-corrected chi connectivity index (χ2v) is 4.34. The molecule has 7 heteroatoms. The number of halogens is 1. The van der Waals surface area contributed by atoms with Crippen LogP contribution in [0.1, 0.15) is 12.8 Å². The van der Waals surface area contributed by atoms with Crippen molar-refractivity contribution in [2.24, 2.45) is 0 Å². The van der Waals surface area contributed by atoms with Crippen LogP contribution in [0.3, 0.4) is 0 Å². The second-order valence-electron chi connectivity index (χ2n) is 4.00.